The monoisotopic (exact) mass is 401 g/mol. The van der Waals surface area contributed by atoms with E-state index in [1.807, 2.05) is 56.7 Å². The van der Waals surface area contributed by atoms with Gasteiger partial charge in [-0.05, 0) is 55.5 Å². The Labute approximate surface area is 174 Å². The summed E-state index contributed by atoms with van der Waals surface area (Å²) >= 11 is 0. The van der Waals surface area contributed by atoms with E-state index in [0.717, 1.165) is 38.6 Å². The van der Waals surface area contributed by atoms with Crippen molar-refractivity contribution in [3.05, 3.63) is 65.6 Å². The Balaban J connectivity index is 2.00. The maximum absolute atomic E-state index is 11.5. The molecule has 4 rings (SSSR count). The molecule has 6 nitrogen and oxygen atoms in total. The van der Waals surface area contributed by atoms with Gasteiger partial charge in [0.1, 0.15) is 5.75 Å². The van der Waals surface area contributed by atoms with Gasteiger partial charge in [0.2, 0.25) is 0 Å². The van der Waals surface area contributed by atoms with E-state index in [2.05, 4.69) is 15.6 Å². The zero-order valence-electron chi connectivity index (χ0n) is 17.2. The van der Waals surface area contributed by atoms with Gasteiger partial charge in [-0.3, -0.25) is 4.79 Å². The lowest BCUT2D eigenvalue weighted by Gasteiger charge is -2.34. The Bertz CT molecular complexity index is 1310. The third-order valence-corrected chi connectivity index (χ3v) is 5.93. The predicted octanol–water partition coefficient (Wildman–Crippen LogP) is 4.94. The molecule has 4 aromatic rings. The highest BCUT2D eigenvalue weighted by Gasteiger charge is 2.35. The van der Waals surface area contributed by atoms with Gasteiger partial charge in [-0.15, -0.1) is 0 Å². The first-order chi connectivity index (χ1) is 14.4. The van der Waals surface area contributed by atoms with Crippen molar-refractivity contribution in [3.8, 4) is 11.8 Å². The summed E-state index contributed by atoms with van der Waals surface area (Å²) in [5.74, 6) is -0.121. The number of H-pyrrole nitrogens is 1. The fourth-order valence-electron chi connectivity index (χ4n) is 4.32. The van der Waals surface area contributed by atoms with Crippen LogP contribution in [-0.2, 0) is 10.3 Å². The number of carboxylic acid groups (broad SMARTS) is 1. The number of nitrogens with zero attached hydrogens (tertiary/aromatic N) is 2. The second kappa shape index (κ2) is 7.27. The Morgan fingerprint density at radius 1 is 1.27 bits per heavy atom. The molecule has 0 radical (unpaired) electrons. The maximum atomic E-state index is 11.5. The quantitative estimate of drug-likeness (QED) is 0.479. The second-order valence-electron chi connectivity index (χ2n) is 7.83. The van der Waals surface area contributed by atoms with Gasteiger partial charge < -0.3 is 19.4 Å². The fraction of sp³-hybridized carbons (Fsp3) is 0.250. The lowest BCUT2D eigenvalue weighted by atomic mass is 9.83. The number of aryl methyl sites for hydroxylation is 1. The van der Waals surface area contributed by atoms with Gasteiger partial charge in [-0.1, -0.05) is 6.07 Å². The molecule has 0 fully saturated rings. The van der Waals surface area contributed by atoms with Gasteiger partial charge in [0.15, 0.2) is 0 Å². The zero-order chi connectivity index (χ0) is 21.5. The third kappa shape index (κ3) is 3.09. The van der Waals surface area contributed by atoms with Crippen LogP contribution in [-0.4, -0.2) is 27.7 Å². The summed E-state index contributed by atoms with van der Waals surface area (Å²) in [5.41, 5.74) is 2.93. The van der Waals surface area contributed by atoms with Gasteiger partial charge in [0.25, 0.3) is 0 Å². The van der Waals surface area contributed by atoms with Crippen molar-refractivity contribution in [1.29, 1.82) is 5.26 Å². The van der Waals surface area contributed by atoms with E-state index in [9.17, 15) is 15.2 Å². The molecule has 1 unspecified atom stereocenters. The molecule has 1 atom stereocenters. The number of aromatic nitrogens is 2. The second-order valence-corrected chi connectivity index (χ2v) is 7.83. The largest absolute Gasteiger partial charge is 0.496 e. The van der Waals surface area contributed by atoms with Crippen molar-refractivity contribution in [3.63, 3.8) is 0 Å². The van der Waals surface area contributed by atoms with Gasteiger partial charge in [0, 0.05) is 46.9 Å². The van der Waals surface area contributed by atoms with Crippen molar-refractivity contribution in [2.24, 2.45) is 0 Å². The number of hydrogen-bond donors (Lipinski definition) is 2. The van der Waals surface area contributed by atoms with E-state index in [0.29, 0.717) is 12.0 Å². The van der Waals surface area contributed by atoms with Crippen LogP contribution in [0.25, 0.3) is 21.7 Å². The Morgan fingerprint density at radius 3 is 2.73 bits per heavy atom. The number of fused-ring (bicyclic) bond motifs is 2. The van der Waals surface area contributed by atoms with Crippen LogP contribution in [0.5, 0.6) is 5.75 Å². The number of aliphatic carboxylic acids is 1. The SMILES string of the molecule is COc1cc(C)c2[nH]ccc2c1C(C)(CCC(=O)O)n1cc2ccc(C#N)cc2c1. The predicted molar refractivity (Wildman–Crippen MR) is 116 cm³/mol. The summed E-state index contributed by atoms with van der Waals surface area (Å²) in [4.78, 5) is 14.8. The molecule has 0 aliphatic heterocycles. The van der Waals surface area contributed by atoms with Crippen LogP contribution in [0.1, 0.15) is 36.5 Å². The number of carbonyl (C=O) groups is 1. The lowest BCUT2D eigenvalue weighted by molar-refractivity contribution is -0.137. The number of nitriles is 1. The molecule has 0 saturated heterocycles. The molecule has 2 N–H and O–H groups in total. The first-order valence-corrected chi connectivity index (χ1v) is 9.76. The molecule has 0 amide bonds. The molecule has 0 aliphatic rings. The smallest absolute Gasteiger partial charge is 0.303 e. The average Bonchev–Trinajstić information content (AvgIpc) is 3.38. The summed E-state index contributed by atoms with van der Waals surface area (Å²) in [6, 6.07) is 11.7. The first kappa shape index (κ1) is 19.6. The molecule has 0 spiro atoms. The minimum absolute atomic E-state index is 0.0113. The van der Waals surface area contributed by atoms with Crippen LogP contribution in [0.3, 0.4) is 0 Å². The van der Waals surface area contributed by atoms with Gasteiger partial charge >= 0.3 is 5.97 Å². The number of methoxy groups -OCH3 is 1. The van der Waals surface area contributed by atoms with Crippen LogP contribution in [0.2, 0.25) is 0 Å². The zero-order valence-corrected chi connectivity index (χ0v) is 17.2. The van der Waals surface area contributed by atoms with Crippen LogP contribution in [0.4, 0.5) is 0 Å². The summed E-state index contributed by atoms with van der Waals surface area (Å²) in [6.45, 7) is 4.06. The normalized spacial score (nSPS) is 13.3. The van der Waals surface area contributed by atoms with Crippen molar-refractivity contribution >= 4 is 27.6 Å². The molecule has 0 bridgehead atoms. The van der Waals surface area contributed by atoms with Crippen molar-refractivity contribution in [2.45, 2.75) is 32.2 Å². The summed E-state index contributed by atoms with van der Waals surface area (Å²) in [7, 11) is 1.64. The van der Waals surface area contributed by atoms with E-state index in [1.165, 1.54) is 0 Å². The number of hydrogen-bond acceptors (Lipinski definition) is 3. The lowest BCUT2D eigenvalue weighted by Crippen LogP contribution is -2.32. The van der Waals surface area contributed by atoms with E-state index in [1.54, 1.807) is 13.2 Å². The number of ether oxygens (including phenoxy) is 1. The summed E-state index contributed by atoms with van der Waals surface area (Å²) in [6.07, 6.45) is 6.28. The van der Waals surface area contributed by atoms with Crippen molar-refractivity contribution in [2.75, 3.05) is 7.11 Å². The molecule has 0 saturated carbocycles. The number of aromatic amines is 1. The standard InChI is InChI=1S/C24H23N3O3/c1-15-10-20(30-3)22(19-7-9-26-23(15)19)24(2,8-6-21(28)29)27-13-17-5-4-16(12-25)11-18(17)14-27/h4-5,7,9-11,13-14,26H,6,8H2,1-3H3,(H,28,29). The minimum Gasteiger partial charge on any atom is -0.496 e. The number of carboxylic acids is 1. The molecule has 2 aromatic heterocycles. The molecule has 152 valence electrons. The van der Waals surface area contributed by atoms with Crippen LogP contribution in [0.15, 0.2) is 48.9 Å². The summed E-state index contributed by atoms with van der Waals surface area (Å²) < 4.78 is 7.83. The highest BCUT2D eigenvalue weighted by Crippen LogP contribution is 2.43. The number of rotatable bonds is 6. The van der Waals surface area contributed by atoms with E-state index in [-0.39, 0.29) is 6.42 Å². The van der Waals surface area contributed by atoms with Crippen LogP contribution < -0.4 is 4.74 Å². The number of nitrogens with one attached hydrogen (secondary N) is 1. The molecule has 2 heterocycles. The van der Waals surface area contributed by atoms with E-state index < -0.39 is 11.5 Å². The van der Waals surface area contributed by atoms with E-state index in [4.69, 9.17) is 4.74 Å². The molecular weight excluding hydrogens is 378 g/mol. The highest BCUT2D eigenvalue weighted by molar-refractivity contribution is 5.90. The Kier molecular flexibility index (Phi) is 4.75. The molecular formula is C24H23N3O3. The molecule has 0 aliphatic carbocycles. The van der Waals surface area contributed by atoms with Crippen LogP contribution >= 0.6 is 0 Å². The van der Waals surface area contributed by atoms with Crippen LogP contribution in [0, 0.1) is 18.3 Å². The maximum Gasteiger partial charge on any atom is 0.303 e. The van der Waals surface area contributed by atoms with Crippen molar-refractivity contribution in [1.82, 2.24) is 9.55 Å². The van der Waals surface area contributed by atoms with Crippen molar-refractivity contribution < 1.29 is 14.6 Å². The average molecular weight is 401 g/mol. The Hall–Kier alpha value is -3.72. The van der Waals surface area contributed by atoms with E-state index >= 15 is 0 Å². The number of benzene rings is 2. The van der Waals surface area contributed by atoms with Gasteiger partial charge in [0.05, 0.1) is 24.3 Å². The fourth-order valence-corrected chi connectivity index (χ4v) is 4.32. The first-order valence-electron chi connectivity index (χ1n) is 9.76. The molecule has 6 heteroatoms. The van der Waals surface area contributed by atoms with Gasteiger partial charge in [-0.25, -0.2) is 0 Å². The summed E-state index contributed by atoms with van der Waals surface area (Å²) in [5, 5.41) is 21.6. The third-order valence-electron chi connectivity index (χ3n) is 5.93. The Morgan fingerprint density at radius 2 is 2.03 bits per heavy atom. The molecule has 30 heavy (non-hydrogen) atoms. The topological polar surface area (TPSA) is 91.0 Å². The van der Waals surface area contributed by atoms with Gasteiger partial charge in [-0.2, -0.15) is 5.26 Å². The minimum atomic E-state index is -0.846. The highest BCUT2D eigenvalue weighted by atomic mass is 16.5. The molecule has 2 aromatic carbocycles.